The van der Waals surface area contributed by atoms with Gasteiger partial charge in [-0.1, -0.05) is 24.3 Å². The fraction of sp³-hybridized carbons (Fsp3) is 0.333. The van der Waals surface area contributed by atoms with Crippen LogP contribution in [0.15, 0.2) is 35.7 Å². The SMILES string of the molecule is C=C1CC=CC(C)=C(F)C1. The predicted molar refractivity (Wildman–Crippen MR) is 41.3 cm³/mol. The summed E-state index contributed by atoms with van der Waals surface area (Å²) in [6.07, 6.45) is 4.99. The van der Waals surface area contributed by atoms with Crippen molar-refractivity contribution in [2.45, 2.75) is 19.8 Å². The molecule has 0 aromatic carbocycles. The van der Waals surface area contributed by atoms with E-state index in [4.69, 9.17) is 0 Å². The van der Waals surface area contributed by atoms with Crippen molar-refractivity contribution in [1.29, 1.82) is 0 Å². The molecule has 1 rings (SSSR count). The smallest absolute Gasteiger partial charge is 0.107 e. The summed E-state index contributed by atoms with van der Waals surface area (Å²) in [6.45, 7) is 5.52. The predicted octanol–water partition coefficient (Wildman–Crippen LogP) is 3.14. The lowest BCUT2D eigenvalue weighted by Gasteiger charge is -1.96. The molecule has 1 aliphatic rings. The first-order chi connectivity index (χ1) is 4.70. The molecular weight excluding hydrogens is 127 g/mol. The molecule has 1 heteroatoms. The van der Waals surface area contributed by atoms with Crippen LogP contribution in [0.4, 0.5) is 4.39 Å². The molecule has 0 nitrogen and oxygen atoms in total. The summed E-state index contributed by atoms with van der Waals surface area (Å²) < 4.78 is 12.9. The molecule has 0 amide bonds. The van der Waals surface area contributed by atoms with Gasteiger partial charge in [0.25, 0.3) is 0 Å². The van der Waals surface area contributed by atoms with Crippen LogP contribution in [0.25, 0.3) is 0 Å². The van der Waals surface area contributed by atoms with Gasteiger partial charge in [0, 0.05) is 6.42 Å². The highest BCUT2D eigenvalue weighted by Gasteiger charge is 2.04. The number of rotatable bonds is 0. The van der Waals surface area contributed by atoms with E-state index < -0.39 is 0 Å². The van der Waals surface area contributed by atoms with Crippen LogP contribution in [0.2, 0.25) is 0 Å². The van der Waals surface area contributed by atoms with E-state index in [1.807, 2.05) is 12.2 Å². The summed E-state index contributed by atoms with van der Waals surface area (Å²) >= 11 is 0. The number of hydrogen-bond acceptors (Lipinski definition) is 0. The van der Waals surface area contributed by atoms with Crippen molar-refractivity contribution in [1.82, 2.24) is 0 Å². The average Bonchev–Trinajstić information content (AvgIpc) is 1.96. The average molecular weight is 138 g/mol. The van der Waals surface area contributed by atoms with Gasteiger partial charge in [-0.2, -0.15) is 0 Å². The Bertz CT molecular complexity index is 209. The summed E-state index contributed by atoms with van der Waals surface area (Å²) in [5.41, 5.74) is 1.68. The molecule has 0 saturated carbocycles. The highest BCUT2D eigenvalue weighted by molar-refractivity contribution is 5.27. The lowest BCUT2D eigenvalue weighted by molar-refractivity contribution is 0.602. The molecule has 10 heavy (non-hydrogen) atoms. The summed E-state index contributed by atoms with van der Waals surface area (Å²) in [5, 5.41) is 0. The quantitative estimate of drug-likeness (QED) is 0.451. The molecule has 0 atom stereocenters. The summed E-state index contributed by atoms with van der Waals surface area (Å²) in [5.74, 6) is -0.0428. The van der Waals surface area contributed by atoms with Gasteiger partial charge in [-0.05, 0) is 18.9 Å². The Kier molecular flexibility index (Phi) is 2.05. The second-order valence-corrected chi connectivity index (χ2v) is 2.62. The minimum atomic E-state index is -0.0428. The maximum absolute atomic E-state index is 12.9. The summed E-state index contributed by atoms with van der Waals surface area (Å²) in [4.78, 5) is 0. The molecule has 0 unspecified atom stereocenters. The number of hydrogen-bond donors (Lipinski definition) is 0. The zero-order valence-corrected chi connectivity index (χ0v) is 6.15. The second-order valence-electron chi connectivity index (χ2n) is 2.62. The van der Waals surface area contributed by atoms with Gasteiger partial charge in [0.15, 0.2) is 0 Å². The van der Waals surface area contributed by atoms with Gasteiger partial charge in [0.2, 0.25) is 0 Å². The van der Waals surface area contributed by atoms with Crippen molar-refractivity contribution in [3.63, 3.8) is 0 Å². The third-order valence-electron chi connectivity index (χ3n) is 1.61. The Labute approximate surface area is 60.7 Å². The van der Waals surface area contributed by atoms with Crippen LogP contribution < -0.4 is 0 Å². The molecular formula is C9H11F. The maximum Gasteiger partial charge on any atom is 0.107 e. The van der Waals surface area contributed by atoms with E-state index >= 15 is 0 Å². The Morgan fingerprint density at radius 1 is 1.60 bits per heavy atom. The van der Waals surface area contributed by atoms with Crippen molar-refractivity contribution in [3.05, 3.63) is 35.7 Å². The first-order valence-corrected chi connectivity index (χ1v) is 3.38. The monoisotopic (exact) mass is 138 g/mol. The lowest BCUT2D eigenvalue weighted by atomic mass is 10.1. The first-order valence-electron chi connectivity index (χ1n) is 3.38. The topological polar surface area (TPSA) is 0 Å². The van der Waals surface area contributed by atoms with Crippen LogP contribution >= 0.6 is 0 Å². The van der Waals surface area contributed by atoms with Crippen LogP contribution in [-0.2, 0) is 0 Å². The van der Waals surface area contributed by atoms with E-state index in [-0.39, 0.29) is 5.83 Å². The molecule has 0 spiro atoms. The minimum Gasteiger partial charge on any atom is -0.211 e. The molecule has 0 fully saturated rings. The highest BCUT2D eigenvalue weighted by atomic mass is 19.1. The Hall–Kier alpha value is -0.850. The van der Waals surface area contributed by atoms with E-state index in [0.717, 1.165) is 17.6 Å². The molecule has 0 aromatic rings. The minimum absolute atomic E-state index is 0.0428. The number of allylic oxidation sites excluding steroid dienone is 5. The fourth-order valence-electron chi connectivity index (χ4n) is 0.924. The molecule has 0 radical (unpaired) electrons. The van der Waals surface area contributed by atoms with Gasteiger partial charge in [-0.3, -0.25) is 0 Å². The Balaban J connectivity index is 2.85. The standard InChI is InChI=1S/C9H11F/c1-7-4-3-5-8(2)9(10)6-7/h3,5H,1,4,6H2,2H3. The van der Waals surface area contributed by atoms with Gasteiger partial charge < -0.3 is 0 Å². The molecule has 0 bridgehead atoms. The van der Waals surface area contributed by atoms with Crippen LogP contribution in [-0.4, -0.2) is 0 Å². The highest BCUT2D eigenvalue weighted by Crippen LogP contribution is 2.21. The maximum atomic E-state index is 12.9. The molecule has 54 valence electrons. The van der Waals surface area contributed by atoms with Gasteiger partial charge in [0.1, 0.15) is 5.83 Å². The van der Waals surface area contributed by atoms with E-state index in [1.54, 1.807) is 6.92 Å². The van der Waals surface area contributed by atoms with Crippen LogP contribution in [0.1, 0.15) is 19.8 Å². The molecule has 0 aromatic heterocycles. The Morgan fingerprint density at radius 2 is 2.30 bits per heavy atom. The van der Waals surface area contributed by atoms with Crippen molar-refractivity contribution < 1.29 is 4.39 Å². The first kappa shape index (κ1) is 7.26. The Morgan fingerprint density at radius 3 is 3.00 bits per heavy atom. The van der Waals surface area contributed by atoms with Crippen LogP contribution in [0.5, 0.6) is 0 Å². The van der Waals surface area contributed by atoms with Crippen molar-refractivity contribution in [2.75, 3.05) is 0 Å². The summed E-state index contributed by atoms with van der Waals surface area (Å²) in [6, 6.07) is 0. The van der Waals surface area contributed by atoms with E-state index in [0.29, 0.717) is 6.42 Å². The van der Waals surface area contributed by atoms with Crippen LogP contribution in [0, 0.1) is 0 Å². The van der Waals surface area contributed by atoms with Gasteiger partial charge in [0.05, 0.1) is 0 Å². The van der Waals surface area contributed by atoms with Gasteiger partial charge in [-0.15, -0.1) is 0 Å². The molecule has 0 N–H and O–H groups in total. The van der Waals surface area contributed by atoms with E-state index in [9.17, 15) is 4.39 Å². The van der Waals surface area contributed by atoms with E-state index in [1.165, 1.54) is 0 Å². The molecule has 0 saturated heterocycles. The zero-order valence-electron chi connectivity index (χ0n) is 6.15. The third kappa shape index (κ3) is 1.56. The summed E-state index contributed by atoms with van der Waals surface area (Å²) in [7, 11) is 0. The van der Waals surface area contributed by atoms with Gasteiger partial charge >= 0.3 is 0 Å². The van der Waals surface area contributed by atoms with Gasteiger partial charge in [-0.25, -0.2) is 4.39 Å². The number of halogens is 1. The largest absolute Gasteiger partial charge is 0.211 e. The fourth-order valence-corrected chi connectivity index (χ4v) is 0.924. The molecule has 0 aliphatic heterocycles. The van der Waals surface area contributed by atoms with Crippen molar-refractivity contribution >= 4 is 0 Å². The zero-order chi connectivity index (χ0) is 7.56. The molecule has 0 heterocycles. The second kappa shape index (κ2) is 2.82. The molecule has 1 aliphatic carbocycles. The third-order valence-corrected chi connectivity index (χ3v) is 1.61. The van der Waals surface area contributed by atoms with Crippen molar-refractivity contribution in [2.24, 2.45) is 0 Å². The lowest BCUT2D eigenvalue weighted by Crippen LogP contribution is -1.79. The van der Waals surface area contributed by atoms with E-state index in [2.05, 4.69) is 6.58 Å². The normalized spacial score (nSPS) is 19.6. The van der Waals surface area contributed by atoms with Crippen molar-refractivity contribution in [3.8, 4) is 0 Å². The van der Waals surface area contributed by atoms with Crippen LogP contribution in [0.3, 0.4) is 0 Å².